The Kier molecular flexibility index (Phi) is 5.12. The highest BCUT2D eigenvalue weighted by atomic mass is 32.2. The second-order valence-corrected chi connectivity index (χ2v) is 5.15. The van der Waals surface area contributed by atoms with E-state index >= 15 is 0 Å². The molecule has 0 saturated carbocycles. The number of methoxy groups -OCH3 is 1. The first-order chi connectivity index (χ1) is 8.40. The van der Waals surface area contributed by atoms with Crippen LogP contribution in [0.3, 0.4) is 0 Å². The van der Waals surface area contributed by atoms with Crippen molar-refractivity contribution < 1.29 is 26.3 Å². The van der Waals surface area contributed by atoms with Crippen molar-refractivity contribution in [2.45, 2.75) is 11.3 Å². The first-order valence-corrected chi connectivity index (χ1v) is 6.50. The van der Waals surface area contributed by atoms with Gasteiger partial charge in [-0.2, -0.15) is 0 Å². The molecule has 0 atom stereocenters. The van der Waals surface area contributed by atoms with Crippen LogP contribution in [-0.4, -0.2) is 28.7 Å². The SMILES string of the molecule is COCCCNS(=O)(=O)c1ccc(F)c(F)c1F. The van der Waals surface area contributed by atoms with Gasteiger partial charge in [0.1, 0.15) is 4.90 Å². The number of halogens is 3. The predicted molar refractivity (Wildman–Crippen MR) is 58.0 cm³/mol. The number of hydrogen-bond acceptors (Lipinski definition) is 3. The van der Waals surface area contributed by atoms with E-state index in [2.05, 4.69) is 4.72 Å². The Bertz CT molecular complexity index is 519. The van der Waals surface area contributed by atoms with Crippen molar-refractivity contribution in [3.63, 3.8) is 0 Å². The quantitative estimate of drug-likeness (QED) is 0.634. The molecule has 1 N–H and O–H groups in total. The number of hydrogen-bond donors (Lipinski definition) is 1. The summed E-state index contributed by atoms with van der Waals surface area (Å²) in [4.78, 5) is -0.918. The second kappa shape index (κ2) is 6.17. The molecular weight excluding hydrogens is 271 g/mol. The average molecular weight is 283 g/mol. The number of sulfonamides is 1. The maximum atomic E-state index is 13.3. The van der Waals surface area contributed by atoms with Gasteiger partial charge in [-0.1, -0.05) is 0 Å². The summed E-state index contributed by atoms with van der Waals surface area (Å²) in [6.45, 7) is 0.331. The monoisotopic (exact) mass is 283 g/mol. The van der Waals surface area contributed by atoms with Crippen molar-refractivity contribution in [3.8, 4) is 0 Å². The molecule has 0 aliphatic carbocycles. The van der Waals surface area contributed by atoms with E-state index in [0.29, 0.717) is 25.2 Å². The molecule has 0 spiro atoms. The molecule has 0 bridgehead atoms. The number of ether oxygens (including phenoxy) is 1. The minimum absolute atomic E-state index is 0.00854. The maximum absolute atomic E-state index is 13.3. The largest absolute Gasteiger partial charge is 0.385 e. The van der Waals surface area contributed by atoms with Crippen LogP contribution in [-0.2, 0) is 14.8 Å². The summed E-state index contributed by atoms with van der Waals surface area (Å²) in [7, 11) is -2.75. The lowest BCUT2D eigenvalue weighted by molar-refractivity contribution is 0.196. The molecule has 0 aliphatic rings. The van der Waals surface area contributed by atoms with E-state index in [1.54, 1.807) is 0 Å². The van der Waals surface area contributed by atoms with Crippen molar-refractivity contribution in [1.82, 2.24) is 4.72 Å². The van der Waals surface area contributed by atoms with Gasteiger partial charge in [-0.25, -0.2) is 26.3 Å². The number of rotatable bonds is 6. The summed E-state index contributed by atoms with van der Waals surface area (Å²) in [5.41, 5.74) is 0. The van der Waals surface area contributed by atoms with Crippen LogP contribution in [0, 0.1) is 17.5 Å². The van der Waals surface area contributed by atoms with E-state index in [9.17, 15) is 21.6 Å². The molecular formula is C10H12F3NO3S. The van der Waals surface area contributed by atoms with Crippen LogP contribution in [0.2, 0.25) is 0 Å². The standard InChI is InChI=1S/C10H12F3NO3S/c1-17-6-2-5-14-18(15,16)8-4-3-7(11)9(12)10(8)13/h3-4,14H,2,5-6H2,1H3. The van der Waals surface area contributed by atoms with Gasteiger partial charge in [-0.05, 0) is 18.6 Å². The van der Waals surface area contributed by atoms with Gasteiger partial charge in [0, 0.05) is 20.3 Å². The smallest absolute Gasteiger partial charge is 0.243 e. The summed E-state index contributed by atoms with van der Waals surface area (Å²) in [6, 6.07) is 1.23. The summed E-state index contributed by atoms with van der Waals surface area (Å²) in [6.07, 6.45) is 0.376. The van der Waals surface area contributed by atoms with E-state index in [1.165, 1.54) is 7.11 Å². The van der Waals surface area contributed by atoms with Gasteiger partial charge in [0.25, 0.3) is 0 Å². The van der Waals surface area contributed by atoms with E-state index in [-0.39, 0.29) is 6.54 Å². The lowest BCUT2D eigenvalue weighted by atomic mass is 10.3. The fourth-order valence-corrected chi connectivity index (χ4v) is 2.36. The Morgan fingerprint density at radius 1 is 1.22 bits per heavy atom. The van der Waals surface area contributed by atoms with Gasteiger partial charge in [0.2, 0.25) is 10.0 Å². The molecule has 0 aliphatic heterocycles. The van der Waals surface area contributed by atoms with Crippen molar-refractivity contribution in [3.05, 3.63) is 29.6 Å². The highest BCUT2D eigenvalue weighted by molar-refractivity contribution is 7.89. The topological polar surface area (TPSA) is 55.4 Å². The molecule has 4 nitrogen and oxygen atoms in total. The van der Waals surface area contributed by atoms with Crippen molar-refractivity contribution in [1.29, 1.82) is 0 Å². The highest BCUT2D eigenvalue weighted by Gasteiger charge is 2.23. The van der Waals surface area contributed by atoms with Crippen LogP contribution in [0.25, 0.3) is 0 Å². The van der Waals surface area contributed by atoms with E-state index in [4.69, 9.17) is 4.74 Å². The van der Waals surface area contributed by atoms with Crippen LogP contribution in [0.1, 0.15) is 6.42 Å². The Balaban J connectivity index is 2.89. The van der Waals surface area contributed by atoms with Crippen molar-refractivity contribution >= 4 is 10.0 Å². The van der Waals surface area contributed by atoms with Crippen molar-refractivity contribution in [2.75, 3.05) is 20.3 Å². The summed E-state index contributed by atoms with van der Waals surface area (Å²) >= 11 is 0. The van der Waals surface area contributed by atoms with Gasteiger partial charge in [0.05, 0.1) is 0 Å². The molecule has 1 aromatic carbocycles. The summed E-state index contributed by atoms with van der Waals surface area (Å²) in [5.74, 6) is -4.98. The number of nitrogens with one attached hydrogen (secondary N) is 1. The third-order valence-electron chi connectivity index (χ3n) is 2.11. The summed E-state index contributed by atoms with van der Waals surface area (Å²) < 4.78 is 68.8. The Morgan fingerprint density at radius 3 is 2.50 bits per heavy atom. The molecule has 0 radical (unpaired) electrons. The molecule has 0 unspecified atom stereocenters. The van der Waals surface area contributed by atoms with Crippen molar-refractivity contribution in [2.24, 2.45) is 0 Å². The molecule has 0 heterocycles. The Hall–Kier alpha value is -1.12. The van der Waals surface area contributed by atoms with Crippen LogP contribution < -0.4 is 4.72 Å². The minimum atomic E-state index is -4.20. The normalized spacial score (nSPS) is 11.8. The predicted octanol–water partition coefficient (Wildman–Crippen LogP) is 1.42. The van der Waals surface area contributed by atoms with Gasteiger partial charge >= 0.3 is 0 Å². The average Bonchev–Trinajstić information content (AvgIpc) is 2.31. The van der Waals surface area contributed by atoms with Gasteiger partial charge in [-0.3, -0.25) is 0 Å². The molecule has 18 heavy (non-hydrogen) atoms. The molecule has 1 rings (SSSR count). The molecule has 8 heteroatoms. The molecule has 1 aromatic rings. The Labute approximate surface area is 103 Å². The Morgan fingerprint density at radius 2 is 1.89 bits per heavy atom. The highest BCUT2D eigenvalue weighted by Crippen LogP contribution is 2.19. The fourth-order valence-electron chi connectivity index (χ4n) is 1.22. The summed E-state index contributed by atoms with van der Waals surface area (Å²) in [5, 5.41) is 0. The molecule has 0 fully saturated rings. The maximum Gasteiger partial charge on any atom is 0.243 e. The van der Waals surface area contributed by atoms with E-state index < -0.39 is 32.4 Å². The zero-order chi connectivity index (χ0) is 13.8. The van der Waals surface area contributed by atoms with E-state index in [0.717, 1.165) is 0 Å². The van der Waals surface area contributed by atoms with Gasteiger partial charge in [0.15, 0.2) is 17.5 Å². The molecule has 0 aromatic heterocycles. The third kappa shape index (κ3) is 3.44. The van der Waals surface area contributed by atoms with Crippen LogP contribution in [0.5, 0.6) is 0 Å². The fraction of sp³-hybridized carbons (Fsp3) is 0.400. The molecule has 0 saturated heterocycles. The lowest BCUT2D eigenvalue weighted by Gasteiger charge is -2.08. The van der Waals surface area contributed by atoms with Crippen LogP contribution >= 0.6 is 0 Å². The van der Waals surface area contributed by atoms with Crippen LogP contribution in [0.15, 0.2) is 17.0 Å². The van der Waals surface area contributed by atoms with Crippen LogP contribution in [0.4, 0.5) is 13.2 Å². The van der Waals surface area contributed by atoms with E-state index in [1.807, 2.05) is 0 Å². The lowest BCUT2D eigenvalue weighted by Crippen LogP contribution is -2.26. The minimum Gasteiger partial charge on any atom is -0.385 e. The number of benzene rings is 1. The molecule has 0 amide bonds. The second-order valence-electron chi connectivity index (χ2n) is 3.42. The zero-order valence-electron chi connectivity index (χ0n) is 9.54. The van der Waals surface area contributed by atoms with Gasteiger partial charge < -0.3 is 4.74 Å². The first kappa shape index (κ1) is 14.9. The molecule has 102 valence electrons. The zero-order valence-corrected chi connectivity index (χ0v) is 10.4. The first-order valence-electron chi connectivity index (χ1n) is 5.02. The van der Waals surface area contributed by atoms with Gasteiger partial charge in [-0.15, -0.1) is 0 Å². The third-order valence-corrected chi connectivity index (χ3v) is 3.59.